The maximum Gasteiger partial charge on any atom is 0.111 e. The number of nitrogens with zero attached hydrogens (tertiary/aromatic N) is 2. The average molecular weight is 370 g/mol. The molecule has 0 bridgehead atoms. The fourth-order valence-corrected chi connectivity index (χ4v) is 3.98. The van der Waals surface area contributed by atoms with E-state index in [0.29, 0.717) is 5.88 Å². The molecule has 0 saturated heterocycles. The van der Waals surface area contributed by atoms with Crippen LogP contribution in [0.1, 0.15) is 44.3 Å². The number of alkyl halides is 1. The van der Waals surface area contributed by atoms with Crippen LogP contribution in [0, 0.1) is 5.92 Å². The molecule has 0 aliphatic heterocycles. The number of benzene rings is 1. The van der Waals surface area contributed by atoms with Crippen molar-refractivity contribution in [2.45, 2.75) is 51.5 Å². The SMILES string of the molecule is ClCCc1nc2cc(Br)ccc2n1CCC1CCCCC1. The van der Waals surface area contributed by atoms with E-state index in [9.17, 15) is 0 Å². The topological polar surface area (TPSA) is 17.8 Å². The molecule has 1 aromatic carbocycles. The summed E-state index contributed by atoms with van der Waals surface area (Å²) < 4.78 is 3.48. The van der Waals surface area contributed by atoms with E-state index in [-0.39, 0.29) is 0 Å². The molecule has 1 aliphatic rings. The summed E-state index contributed by atoms with van der Waals surface area (Å²) in [5, 5.41) is 0. The van der Waals surface area contributed by atoms with Gasteiger partial charge in [-0.15, -0.1) is 11.6 Å². The van der Waals surface area contributed by atoms with E-state index in [0.717, 1.165) is 34.7 Å². The van der Waals surface area contributed by atoms with Crippen LogP contribution in [0.3, 0.4) is 0 Å². The van der Waals surface area contributed by atoms with Gasteiger partial charge in [0.2, 0.25) is 0 Å². The molecule has 1 aliphatic carbocycles. The van der Waals surface area contributed by atoms with Gasteiger partial charge < -0.3 is 4.57 Å². The van der Waals surface area contributed by atoms with Crippen molar-refractivity contribution < 1.29 is 0 Å². The molecule has 1 saturated carbocycles. The van der Waals surface area contributed by atoms with Gasteiger partial charge in [-0.05, 0) is 30.5 Å². The highest BCUT2D eigenvalue weighted by Gasteiger charge is 2.16. The highest BCUT2D eigenvalue weighted by molar-refractivity contribution is 9.10. The van der Waals surface area contributed by atoms with Crippen LogP contribution < -0.4 is 0 Å². The first-order valence-corrected chi connectivity index (χ1v) is 9.31. The van der Waals surface area contributed by atoms with Crippen LogP contribution in [0.15, 0.2) is 22.7 Å². The van der Waals surface area contributed by atoms with Crippen molar-refractivity contribution in [3.05, 3.63) is 28.5 Å². The lowest BCUT2D eigenvalue weighted by Crippen LogP contribution is -2.12. The van der Waals surface area contributed by atoms with E-state index >= 15 is 0 Å². The van der Waals surface area contributed by atoms with Crippen LogP contribution in [-0.2, 0) is 13.0 Å². The maximum absolute atomic E-state index is 5.95. The van der Waals surface area contributed by atoms with Crippen LogP contribution in [-0.4, -0.2) is 15.4 Å². The van der Waals surface area contributed by atoms with Crippen molar-refractivity contribution in [3.63, 3.8) is 0 Å². The molecule has 3 rings (SSSR count). The molecule has 4 heteroatoms. The largest absolute Gasteiger partial charge is 0.328 e. The number of hydrogen-bond acceptors (Lipinski definition) is 1. The van der Waals surface area contributed by atoms with Crippen LogP contribution >= 0.6 is 27.5 Å². The molecule has 1 fully saturated rings. The van der Waals surface area contributed by atoms with Crippen molar-refractivity contribution in [1.29, 1.82) is 0 Å². The summed E-state index contributed by atoms with van der Waals surface area (Å²) >= 11 is 9.48. The highest BCUT2D eigenvalue weighted by atomic mass is 79.9. The molecule has 0 spiro atoms. The molecule has 2 aromatic rings. The second-order valence-electron chi connectivity index (χ2n) is 6.04. The summed E-state index contributed by atoms with van der Waals surface area (Å²) in [5.41, 5.74) is 2.32. The Kier molecular flexibility index (Phi) is 5.23. The molecule has 1 aromatic heterocycles. The van der Waals surface area contributed by atoms with Crippen LogP contribution in [0.4, 0.5) is 0 Å². The number of fused-ring (bicyclic) bond motifs is 1. The van der Waals surface area contributed by atoms with E-state index < -0.39 is 0 Å². The smallest absolute Gasteiger partial charge is 0.111 e. The molecule has 21 heavy (non-hydrogen) atoms. The van der Waals surface area contributed by atoms with Crippen molar-refractivity contribution in [1.82, 2.24) is 9.55 Å². The van der Waals surface area contributed by atoms with Crippen LogP contribution in [0.2, 0.25) is 0 Å². The van der Waals surface area contributed by atoms with Crippen molar-refractivity contribution >= 4 is 38.6 Å². The van der Waals surface area contributed by atoms with Gasteiger partial charge >= 0.3 is 0 Å². The second kappa shape index (κ2) is 7.15. The van der Waals surface area contributed by atoms with E-state index in [1.54, 1.807) is 0 Å². The van der Waals surface area contributed by atoms with Gasteiger partial charge in [0.05, 0.1) is 11.0 Å². The Morgan fingerprint density at radius 1 is 1.24 bits per heavy atom. The van der Waals surface area contributed by atoms with Gasteiger partial charge in [-0.25, -0.2) is 4.98 Å². The standard InChI is InChI=1S/C17H22BrClN2/c18-14-6-7-16-15(12-14)20-17(8-10-19)21(16)11-9-13-4-2-1-3-5-13/h6-7,12-13H,1-5,8-11H2. The summed E-state index contributed by atoms with van der Waals surface area (Å²) in [4.78, 5) is 4.78. The molecule has 0 N–H and O–H groups in total. The quantitative estimate of drug-likeness (QED) is 0.632. The Morgan fingerprint density at radius 2 is 2.05 bits per heavy atom. The molecule has 114 valence electrons. The van der Waals surface area contributed by atoms with Crippen molar-refractivity contribution in [2.24, 2.45) is 5.92 Å². The predicted molar refractivity (Wildman–Crippen MR) is 93.0 cm³/mol. The Labute approximate surface area is 140 Å². The molecule has 0 amide bonds. The van der Waals surface area contributed by atoms with Gasteiger partial charge in [0.15, 0.2) is 0 Å². The van der Waals surface area contributed by atoms with Gasteiger partial charge in [0.1, 0.15) is 5.82 Å². The molecule has 1 heterocycles. The summed E-state index contributed by atoms with van der Waals surface area (Å²) in [5.74, 6) is 2.66. The first-order valence-electron chi connectivity index (χ1n) is 7.98. The third kappa shape index (κ3) is 3.62. The lowest BCUT2D eigenvalue weighted by Gasteiger charge is -2.22. The number of aromatic nitrogens is 2. The molecule has 0 radical (unpaired) electrons. The van der Waals surface area contributed by atoms with Gasteiger partial charge in [0, 0.05) is 23.3 Å². The summed E-state index contributed by atoms with van der Waals surface area (Å²) in [6, 6.07) is 6.38. The normalized spacial score (nSPS) is 16.7. The van der Waals surface area contributed by atoms with E-state index in [2.05, 4.69) is 38.7 Å². The zero-order chi connectivity index (χ0) is 14.7. The summed E-state index contributed by atoms with van der Waals surface area (Å²) in [6.45, 7) is 1.08. The molecular formula is C17H22BrClN2. The summed E-state index contributed by atoms with van der Waals surface area (Å²) in [6.07, 6.45) is 9.19. The van der Waals surface area contributed by atoms with E-state index in [1.807, 2.05) is 0 Å². The maximum atomic E-state index is 5.95. The van der Waals surface area contributed by atoms with E-state index in [1.165, 1.54) is 44.0 Å². The highest BCUT2D eigenvalue weighted by Crippen LogP contribution is 2.28. The minimum Gasteiger partial charge on any atom is -0.328 e. The van der Waals surface area contributed by atoms with Gasteiger partial charge in [-0.1, -0.05) is 48.0 Å². The number of imidazole rings is 1. The fourth-order valence-electron chi connectivity index (χ4n) is 3.47. The fraction of sp³-hybridized carbons (Fsp3) is 0.588. The Morgan fingerprint density at radius 3 is 2.81 bits per heavy atom. The third-order valence-corrected chi connectivity index (χ3v) is 5.28. The zero-order valence-corrected chi connectivity index (χ0v) is 14.7. The second-order valence-corrected chi connectivity index (χ2v) is 7.34. The first-order chi connectivity index (χ1) is 10.3. The molecule has 0 unspecified atom stereocenters. The lowest BCUT2D eigenvalue weighted by molar-refractivity contribution is 0.324. The zero-order valence-electron chi connectivity index (χ0n) is 12.3. The van der Waals surface area contributed by atoms with Gasteiger partial charge in [-0.3, -0.25) is 0 Å². The lowest BCUT2D eigenvalue weighted by atomic mass is 9.87. The Hall–Kier alpha value is -0.540. The van der Waals surface area contributed by atoms with Crippen molar-refractivity contribution in [2.75, 3.05) is 5.88 Å². The molecule has 2 nitrogen and oxygen atoms in total. The predicted octanol–water partition coefficient (Wildman–Crippen LogP) is 5.55. The minimum atomic E-state index is 0.633. The number of aryl methyl sites for hydroxylation is 2. The first kappa shape index (κ1) is 15.4. The van der Waals surface area contributed by atoms with Crippen LogP contribution in [0.5, 0.6) is 0 Å². The summed E-state index contributed by atoms with van der Waals surface area (Å²) in [7, 11) is 0. The Bertz CT molecular complexity index is 602. The van der Waals surface area contributed by atoms with Crippen molar-refractivity contribution in [3.8, 4) is 0 Å². The number of rotatable bonds is 5. The number of halogens is 2. The monoisotopic (exact) mass is 368 g/mol. The molecular weight excluding hydrogens is 348 g/mol. The number of hydrogen-bond donors (Lipinski definition) is 0. The average Bonchev–Trinajstić information content (AvgIpc) is 2.83. The van der Waals surface area contributed by atoms with Gasteiger partial charge in [0.25, 0.3) is 0 Å². The minimum absolute atomic E-state index is 0.633. The van der Waals surface area contributed by atoms with E-state index in [4.69, 9.17) is 16.6 Å². The molecule has 0 atom stereocenters. The Balaban J connectivity index is 1.82. The van der Waals surface area contributed by atoms with Gasteiger partial charge in [-0.2, -0.15) is 0 Å². The third-order valence-electron chi connectivity index (χ3n) is 4.59. The van der Waals surface area contributed by atoms with Crippen LogP contribution in [0.25, 0.3) is 11.0 Å².